The van der Waals surface area contributed by atoms with Crippen molar-refractivity contribution < 1.29 is 4.42 Å². The molecule has 0 aliphatic rings. The first kappa shape index (κ1) is 12.9. The molecule has 0 saturated heterocycles. The average Bonchev–Trinajstić information content (AvgIpc) is 2.95. The number of aryl methyl sites for hydroxylation is 1. The number of nitrogens with one attached hydrogen (secondary N) is 1. The van der Waals surface area contributed by atoms with E-state index in [1.54, 1.807) is 17.6 Å². The van der Waals surface area contributed by atoms with Crippen LogP contribution in [0, 0.1) is 0 Å². The molecule has 2 rings (SSSR count). The lowest BCUT2D eigenvalue weighted by Crippen LogP contribution is -2.25. The van der Waals surface area contributed by atoms with Gasteiger partial charge in [0.2, 0.25) is 0 Å². The first-order valence-corrected chi connectivity index (χ1v) is 7.40. The Bertz CT molecular complexity index is 438. The van der Waals surface area contributed by atoms with Gasteiger partial charge < -0.3 is 9.73 Å². The fraction of sp³-hybridized carbons (Fsp3) is 0.385. The Hall–Kier alpha value is -0.580. The Morgan fingerprint density at radius 1 is 1.47 bits per heavy atom. The van der Waals surface area contributed by atoms with Crippen LogP contribution >= 0.6 is 27.3 Å². The molecular weight excluding hydrogens is 298 g/mol. The maximum atomic E-state index is 5.32. The van der Waals surface area contributed by atoms with Crippen LogP contribution in [0.1, 0.15) is 24.0 Å². The maximum Gasteiger partial charge on any atom is 0.103 e. The smallest absolute Gasteiger partial charge is 0.103 e. The van der Waals surface area contributed by atoms with Crippen molar-refractivity contribution in [3.63, 3.8) is 0 Å². The summed E-state index contributed by atoms with van der Waals surface area (Å²) in [6.45, 7) is 3.14. The number of halogens is 1. The third-order valence-corrected chi connectivity index (χ3v) is 4.63. The zero-order valence-corrected chi connectivity index (χ0v) is 12.2. The van der Waals surface area contributed by atoms with E-state index in [9.17, 15) is 0 Å². The number of thiophene rings is 1. The lowest BCUT2D eigenvalue weighted by Gasteiger charge is -2.12. The molecule has 2 aromatic heterocycles. The molecule has 92 valence electrons. The van der Waals surface area contributed by atoms with Gasteiger partial charge in [-0.15, -0.1) is 11.3 Å². The van der Waals surface area contributed by atoms with E-state index in [0.29, 0.717) is 6.04 Å². The maximum absolute atomic E-state index is 5.32. The van der Waals surface area contributed by atoms with Crippen molar-refractivity contribution in [2.45, 2.75) is 32.4 Å². The highest BCUT2D eigenvalue weighted by molar-refractivity contribution is 9.10. The zero-order chi connectivity index (χ0) is 12.1. The normalized spacial score (nSPS) is 12.8. The first-order chi connectivity index (χ1) is 8.25. The van der Waals surface area contributed by atoms with E-state index in [1.807, 2.05) is 12.1 Å². The summed E-state index contributed by atoms with van der Waals surface area (Å²) in [5.41, 5.74) is 0. The van der Waals surface area contributed by atoms with Crippen LogP contribution in [-0.2, 0) is 13.0 Å². The van der Waals surface area contributed by atoms with E-state index in [0.717, 1.165) is 25.1 Å². The van der Waals surface area contributed by atoms with Gasteiger partial charge in [0.1, 0.15) is 5.76 Å². The van der Waals surface area contributed by atoms with Gasteiger partial charge in [-0.1, -0.05) is 0 Å². The van der Waals surface area contributed by atoms with Crippen LogP contribution in [0.25, 0.3) is 0 Å². The molecule has 0 spiro atoms. The Labute approximate surface area is 114 Å². The summed E-state index contributed by atoms with van der Waals surface area (Å²) in [6.07, 6.45) is 3.82. The van der Waals surface area contributed by atoms with Crippen LogP contribution in [0.15, 0.2) is 38.7 Å². The Morgan fingerprint density at radius 2 is 2.35 bits per heavy atom. The van der Waals surface area contributed by atoms with Gasteiger partial charge >= 0.3 is 0 Å². The molecule has 0 aromatic carbocycles. The third-order valence-electron chi connectivity index (χ3n) is 2.71. The third kappa shape index (κ3) is 3.98. The second-order valence-electron chi connectivity index (χ2n) is 4.09. The number of hydrogen-bond acceptors (Lipinski definition) is 3. The molecule has 1 atom stereocenters. The lowest BCUT2D eigenvalue weighted by molar-refractivity contribution is 0.460. The summed E-state index contributed by atoms with van der Waals surface area (Å²) in [5.74, 6) is 1.07. The van der Waals surface area contributed by atoms with E-state index in [2.05, 4.69) is 39.6 Å². The Morgan fingerprint density at radius 3 is 3.00 bits per heavy atom. The summed E-state index contributed by atoms with van der Waals surface area (Å²) in [7, 11) is 0. The second-order valence-corrected chi connectivity index (χ2v) is 5.95. The van der Waals surface area contributed by atoms with E-state index in [4.69, 9.17) is 4.42 Å². The van der Waals surface area contributed by atoms with Crippen molar-refractivity contribution in [2.75, 3.05) is 0 Å². The van der Waals surface area contributed by atoms with Crippen molar-refractivity contribution >= 4 is 27.3 Å². The van der Waals surface area contributed by atoms with E-state index in [-0.39, 0.29) is 0 Å². The predicted molar refractivity (Wildman–Crippen MR) is 75.3 cm³/mol. The molecule has 1 unspecified atom stereocenters. The van der Waals surface area contributed by atoms with Gasteiger partial charge in [-0.3, -0.25) is 0 Å². The second kappa shape index (κ2) is 6.38. The molecule has 2 aromatic rings. The van der Waals surface area contributed by atoms with E-state index in [1.165, 1.54) is 9.35 Å². The van der Waals surface area contributed by atoms with Crippen molar-refractivity contribution in [1.29, 1.82) is 0 Å². The molecule has 0 amide bonds. The summed E-state index contributed by atoms with van der Waals surface area (Å²) in [4.78, 5) is 1.36. The van der Waals surface area contributed by atoms with Crippen molar-refractivity contribution in [3.8, 4) is 0 Å². The number of furan rings is 1. The molecule has 0 aliphatic heterocycles. The summed E-state index contributed by atoms with van der Waals surface area (Å²) < 4.78 is 6.52. The summed E-state index contributed by atoms with van der Waals surface area (Å²) >= 11 is 5.32. The molecule has 4 heteroatoms. The molecule has 2 nitrogen and oxygen atoms in total. The fourth-order valence-corrected chi connectivity index (χ4v) is 3.08. The molecular formula is C13H16BrNOS. The number of rotatable bonds is 6. The highest BCUT2D eigenvalue weighted by atomic mass is 79.9. The SMILES string of the molecule is CC(CCc1ccco1)NCc1sccc1Br. The minimum Gasteiger partial charge on any atom is -0.469 e. The molecule has 0 bridgehead atoms. The average molecular weight is 314 g/mol. The molecule has 1 N–H and O–H groups in total. The van der Waals surface area contributed by atoms with Crippen molar-refractivity contribution in [3.05, 3.63) is 45.0 Å². The monoisotopic (exact) mass is 313 g/mol. The Kier molecular flexibility index (Phi) is 4.83. The fourth-order valence-electron chi connectivity index (χ4n) is 1.63. The molecule has 0 saturated carbocycles. The van der Waals surface area contributed by atoms with Gasteiger partial charge in [0.25, 0.3) is 0 Å². The molecule has 2 heterocycles. The van der Waals surface area contributed by atoms with Crippen molar-refractivity contribution in [2.24, 2.45) is 0 Å². The zero-order valence-electron chi connectivity index (χ0n) is 9.78. The van der Waals surface area contributed by atoms with Crippen molar-refractivity contribution in [1.82, 2.24) is 5.32 Å². The van der Waals surface area contributed by atoms with E-state index < -0.39 is 0 Å². The standard InChI is InChI=1S/C13H16BrNOS/c1-10(4-5-11-3-2-7-16-11)15-9-13-12(14)6-8-17-13/h2-3,6-8,10,15H,4-5,9H2,1H3. The molecule has 0 fully saturated rings. The van der Waals surface area contributed by atoms with Crippen LogP contribution in [-0.4, -0.2) is 6.04 Å². The summed E-state index contributed by atoms with van der Waals surface area (Å²) in [6, 6.07) is 6.56. The molecule has 0 aliphatic carbocycles. The Balaban J connectivity index is 1.71. The number of hydrogen-bond donors (Lipinski definition) is 1. The van der Waals surface area contributed by atoms with Gasteiger partial charge in [0.05, 0.1) is 6.26 Å². The lowest BCUT2D eigenvalue weighted by atomic mass is 10.1. The first-order valence-electron chi connectivity index (χ1n) is 5.73. The van der Waals surface area contributed by atoms with Gasteiger partial charge in [-0.2, -0.15) is 0 Å². The largest absolute Gasteiger partial charge is 0.469 e. The van der Waals surface area contributed by atoms with Crippen LogP contribution in [0.2, 0.25) is 0 Å². The minimum absolute atomic E-state index is 0.495. The van der Waals surface area contributed by atoms with Crippen LogP contribution in [0.4, 0.5) is 0 Å². The minimum atomic E-state index is 0.495. The highest BCUT2D eigenvalue weighted by Crippen LogP contribution is 2.22. The van der Waals surface area contributed by atoms with E-state index >= 15 is 0 Å². The van der Waals surface area contributed by atoms with Crippen LogP contribution in [0.3, 0.4) is 0 Å². The van der Waals surface area contributed by atoms with Gasteiger partial charge in [0.15, 0.2) is 0 Å². The topological polar surface area (TPSA) is 25.2 Å². The van der Waals surface area contributed by atoms with Gasteiger partial charge in [-0.25, -0.2) is 0 Å². The summed E-state index contributed by atoms with van der Waals surface area (Å²) in [5, 5.41) is 5.63. The van der Waals surface area contributed by atoms with Gasteiger partial charge in [0, 0.05) is 28.4 Å². The highest BCUT2D eigenvalue weighted by Gasteiger charge is 2.06. The van der Waals surface area contributed by atoms with Gasteiger partial charge in [-0.05, 0) is 52.9 Å². The quantitative estimate of drug-likeness (QED) is 0.864. The molecule has 17 heavy (non-hydrogen) atoms. The predicted octanol–water partition coefficient (Wildman–Crippen LogP) is 4.21. The molecule has 0 radical (unpaired) electrons. The van der Waals surface area contributed by atoms with Crippen LogP contribution in [0.5, 0.6) is 0 Å². The van der Waals surface area contributed by atoms with Crippen LogP contribution < -0.4 is 5.32 Å².